The molecule has 0 aliphatic heterocycles. The van der Waals surface area contributed by atoms with Gasteiger partial charge in [-0.2, -0.15) is 0 Å². The van der Waals surface area contributed by atoms with Gasteiger partial charge in [0.25, 0.3) is 0 Å². The van der Waals surface area contributed by atoms with Gasteiger partial charge in [-0.3, -0.25) is 0 Å². The smallest absolute Gasteiger partial charge is 0.342 e. The molecule has 1 aromatic rings. The second-order valence-electron chi connectivity index (χ2n) is 2.79. The molecule has 0 saturated heterocycles. The zero-order valence-electron chi connectivity index (χ0n) is 6.08. The third-order valence-electron chi connectivity index (χ3n) is 1.84. The third kappa shape index (κ3) is 1.14. The van der Waals surface area contributed by atoms with Crippen LogP contribution in [0.15, 0.2) is 9.13 Å². The maximum absolute atomic E-state index is 10.7. The van der Waals surface area contributed by atoms with Crippen molar-refractivity contribution in [3.8, 4) is 0 Å². The molecule has 0 aromatic carbocycles. The van der Waals surface area contributed by atoms with Crippen LogP contribution in [0.3, 0.4) is 0 Å². The first-order valence-electron chi connectivity index (χ1n) is 3.58. The van der Waals surface area contributed by atoms with Crippen molar-refractivity contribution in [2.75, 3.05) is 0 Å². The number of aromatic carboxylic acids is 1. The van der Waals surface area contributed by atoms with Gasteiger partial charge >= 0.3 is 5.97 Å². The topological polar surface area (TPSA) is 63.3 Å². The van der Waals surface area contributed by atoms with Gasteiger partial charge in [0.15, 0.2) is 10.4 Å². The lowest BCUT2D eigenvalue weighted by Gasteiger charge is -1.91. The van der Waals surface area contributed by atoms with Crippen LogP contribution in [0.2, 0.25) is 0 Å². The van der Waals surface area contributed by atoms with Gasteiger partial charge in [-0.15, -0.1) is 0 Å². The number of aromatic nitrogens is 1. The first-order valence-corrected chi connectivity index (χ1v) is 4.38. The number of hydrogen-bond donors (Lipinski definition) is 1. The van der Waals surface area contributed by atoms with Gasteiger partial charge in [-0.05, 0) is 28.8 Å². The molecule has 0 spiro atoms. The number of nitrogens with zero attached hydrogens (tertiary/aromatic N) is 1. The summed E-state index contributed by atoms with van der Waals surface area (Å²) in [6.45, 7) is 0. The average molecular weight is 232 g/mol. The van der Waals surface area contributed by atoms with Crippen molar-refractivity contribution >= 4 is 21.9 Å². The Hall–Kier alpha value is -0.840. The summed E-state index contributed by atoms with van der Waals surface area (Å²) in [7, 11) is 0. The lowest BCUT2D eigenvalue weighted by molar-refractivity contribution is 0.0693. The van der Waals surface area contributed by atoms with Crippen LogP contribution in [-0.2, 0) is 0 Å². The molecule has 64 valence electrons. The SMILES string of the molecule is O=C(O)c1c(Br)noc1C1CC1. The Labute approximate surface area is 76.7 Å². The number of carboxylic acid groups (broad SMARTS) is 1. The Morgan fingerprint density at radius 3 is 2.83 bits per heavy atom. The van der Waals surface area contributed by atoms with E-state index in [1.807, 2.05) is 0 Å². The molecule has 1 aromatic heterocycles. The highest BCUT2D eigenvalue weighted by Crippen LogP contribution is 2.43. The molecule has 12 heavy (non-hydrogen) atoms. The van der Waals surface area contributed by atoms with Gasteiger partial charge in [-0.25, -0.2) is 4.79 Å². The maximum Gasteiger partial charge on any atom is 0.342 e. The van der Waals surface area contributed by atoms with Crippen molar-refractivity contribution in [2.45, 2.75) is 18.8 Å². The van der Waals surface area contributed by atoms with Crippen LogP contribution in [0.1, 0.15) is 34.9 Å². The van der Waals surface area contributed by atoms with Crippen molar-refractivity contribution in [3.63, 3.8) is 0 Å². The summed E-state index contributed by atoms with van der Waals surface area (Å²) in [5.41, 5.74) is 0.178. The highest BCUT2D eigenvalue weighted by Gasteiger charge is 2.34. The summed E-state index contributed by atoms with van der Waals surface area (Å²) < 4.78 is 5.19. The molecule has 0 bridgehead atoms. The molecular formula is C7H6BrNO3. The first-order chi connectivity index (χ1) is 5.70. The van der Waals surface area contributed by atoms with Crippen molar-refractivity contribution in [2.24, 2.45) is 0 Å². The van der Waals surface area contributed by atoms with Crippen LogP contribution in [0.5, 0.6) is 0 Å². The lowest BCUT2D eigenvalue weighted by atomic mass is 10.2. The van der Waals surface area contributed by atoms with Gasteiger partial charge in [-0.1, -0.05) is 5.16 Å². The maximum atomic E-state index is 10.7. The molecule has 1 N–H and O–H groups in total. The van der Waals surface area contributed by atoms with E-state index in [0.717, 1.165) is 12.8 Å². The summed E-state index contributed by atoms with van der Waals surface area (Å²) in [5.74, 6) is -0.200. The molecule has 5 heteroatoms. The molecular weight excluding hydrogens is 226 g/mol. The van der Waals surface area contributed by atoms with Crippen LogP contribution in [0.25, 0.3) is 0 Å². The van der Waals surface area contributed by atoms with Gasteiger partial charge in [0.1, 0.15) is 5.56 Å². The van der Waals surface area contributed by atoms with Crippen molar-refractivity contribution in [3.05, 3.63) is 15.9 Å². The van der Waals surface area contributed by atoms with Crippen LogP contribution < -0.4 is 0 Å². The summed E-state index contributed by atoms with van der Waals surface area (Å²) in [6.07, 6.45) is 2.00. The van der Waals surface area contributed by atoms with Gasteiger partial charge in [0.2, 0.25) is 0 Å². The number of carbonyl (C=O) groups is 1. The summed E-state index contributed by atoms with van der Waals surface area (Å²) >= 11 is 3.03. The molecule has 0 radical (unpaired) electrons. The van der Waals surface area contributed by atoms with E-state index in [0.29, 0.717) is 5.76 Å². The van der Waals surface area contributed by atoms with E-state index in [1.165, 1.54) is 0 Å². The highest BCUT2D eigenvalue weighted by molar-refractivity contribution is 9.10. The first kappa shape index (κ1) is 7.79. The predicted octanol–water partition coefficient (Wildman–Crippen LogP) is 2.01. The summed E-state index contributed by atoms with van der Waals surface area (Å²) in [4.78, 5) is 10.7. The monoisotopic (exact) mass is 231 g/mol. The standard InChI is InChI=1S/C7H6BrNO3/c8-6-4(7(10)11)5(12-9-6)3-1-2-3/h3H,1-2H2,(H,10,11). The quantitative estimate of drug-likeness (QED) is 0.846. The fourth-order valence-electron chi connectivity index (χ4n) is 1.10. The molecule has 1 heterocycles. The van der Waals surface area contributed by atoms with Crippen molar-refractivity contribution in [1.82, 2.24) is 5.16 Å². The lowest BCUT2D eigenvalue weighted by Crippen LogP contribution is -1.98. The van der Waals surface area contributed by atoms with Gasteiger partial charge in [0, 0.05) is 5.92 Å². The van der Waals surface area contributed by atoms with Crippen LogP contribution in [0, 0.1) is 0 Å². The van der Waals surface area contributed by atoms with Crippen molar-refractivity contribution < 1.29 is 14.4 Å². The predicted molar refractivity (Wildman–Crippen MR) is 43.1 cm³/mol. The third-order valence-corrected chi connectivity index (χ3v) is 2.38. The largest absolute Gasteiger partial charge is 0.477 e. The van der Waals surface area contributed by atoms with Crippen LogP contribution in [0.4, 0.5) is 0 Å². The molecule has 0 atom stereocenters. The normalized spacial score (nSPS) is 16.4. The van der Waals surface area contributed by atoms with Crippen LogP contribution in [-0.4, -0.2) is 16.2 Å². The summed E-state index contributed by atoms with van der Waals surface area (Å²) in [5, 5.41) is 12.3. The van der Waals surface area contributed by atoms with E-state index in [4.69, 9.17) is 9.63 Å². The van der Waals surface area contributed by atoms with Gasteiger partial charge < -0.3 is 9.63 Å². The molecule has 1 aliphatic carbocycles. The highest BCUT2D eigenvalue weighted by atomic mass is 79.9. The zero-order valence-corrected chi connectivity index (χ0v) is 7.67. The minimum absolute atomic E-state index is 0.178. The van der Waals surface area contributed by atoms with Crippen LogP contribution >= 0.6 is 15.9 Å². The van der Waals surface area contributed by atoms with E-state index in [2.05, 4.69) is 21.1 Å². The Kier molecular flexibility index (Phi) is 1.68. The number of hydrogen-bond acceptors (Lipinski definition) is 3. The minimum Gasteiger partial charge on any atom is -0.477 e. The zero-order chi connectivity index (χ0) is 8.72. The molecule has 4 nitrogen and oxygen atoms in total. The second kappa shape index (κ2) is 2.58. The van der Waals surface area contributed by atoms with E-state index in [9.17, 15) is 4.79 Å². The molecule has 2 rings (SSSR count). The second-order valence-corrected chi connectivity index (χ2v) is 3.54. The number of carboxylic acids is 1. The molecule has 1 saturated carbocycles. The Bertz CT molecular complexity index is 329. The van der Waals surface area contributed by atoms with Gasteiger partial charge in [0.05, 0.1) is 0 Å². The van der Waals surface area contributed by atoms with E-state index < -0.39 is 5.97 Å². The fourth-order valence-corrected chi connectivity index (χ4v) is 1.54. The average Bonchev–Trinajstić information content (AvgIpc) is 2.75. The fraction of sp³-hybridized carbons (Fsp3) is 0.429. The summed E-state index contributed by atoms with van der Waals surface area (Å²) in [6, 6.07) is 0. The van der Waals surface area contributed by atoms with E-state index in [1.54, 1.807) is 0 Å². The Morgan fingerprint density at radius 2 is 2.33 bits per heavy atom. The Morgan fingerprint density at radius 1 is 1.67 bits per heavy atom. The van der Waals surface area contributed by atoms with Crippen molar-refractivity contribution in [1.29, 1.82) is 0 Å². The number of rotatable bonds is 2. The molecule has 0 unspecified atom stereocenters. The minimum atomic E-state index is -0.981. The Balaban J connectivity index is 2.46. The molecule has 1 aliphatic rings. The van der Waals surface area contributed by atoms with E-state index >= 15 is 0 Å². The van der Waals surface area contributed by atoms with E-state index in [-0.39, 0.29) is 16.1 Å². The molecule has 1 fully saturated rings. The molecule has 0 amide bonds. The number of halogens is 1.